The van der Waals surface area contributed by atoms with E-state index in [9.17, 15) is 9.18 Å². The number of nitrogens with zero attached hydrogens (tertiary/aromatic N) is 2. The van der Waals surface area contributed by atoms with E-state index < -0.39 is 5.95 Å². The maximum atomic E-state index is 13.4. The van der Waals surface area contributed by atoms with Crippen molar-refractivity contribution in [3.05, 3.63) is 60.2 Å². The van der Waals surface area contributed by atoms with Crippen LogP contribution in [0.5, 0.6) is 5.75 Å². The van der Waals surface area contributed by atoms with Gasteiger partial charge in [0.25, 0.3) is 5.91 Å². The molecule has 0 spiro atoms. The fourth-order valence-electron chi connectivity index (χ4n) is 1.86. The maximum Gasteiger partial charge on any atom is 0.258 e. The van der Waals surface area contributed by atoms with Crippen molar-refractivity contribution in [3.63, 3.8) is 0 Å². The summed E-state index contributed by atoms with van der Waals surface area (Å²) >= 11 is 0. The number of carbonyl (C=O) groups is 1. The summed E-state index contributed by atoms with van der Waals surface area (Å²) in [6, 6.07) is 12.4. The van der Waals surface area contributed by atoms with Crippen LogP contribution in [0.2, 0.25) is 0 Å². The highest BCUT2D eigenvalue weighted by molar-refractivity contribution is 5.93. The predicted octanol–water partition coefficient (Wildman–Crippen LogP) is 2.76. The summed E-state index contributed by atoms with van der Waals surface area (Å²) in [4.78, 5) is 17.0. The standard InChI is InChI=1S/C16H17FN2O2/c1-19(16(20)14-9-5-10-18-15(14)17)11-6-12-21-13-7-3-2-4-8-13/h2-5,7-10H,6,11-12H2,1H3. The van der Waals surface area contributed by atoms with Crippen molar-refractivity contribution in [3.8, 4) is 5.75 Å². The molecule has 1 heterocycles. The molecule has 0 atom stereocenters. The van der Waals surface area contributed by atoms with E-state index in [0.29, 0.717) is 19.6 Å². The monoisotopic (exact) mass is 288 g/mol. The molecule has 1 aromatic carbocycles. The van der Waals surface area contributed by atoms with E-state index in [4.69, 9.17) is 4.74 Å². The van der Waals surface area contributed by atoms with Crippen LogP contribution >= 0.6 is 0 Å². The molecule has 0 fully saturated rings. The first kappa shape index (κ1) is 15.0. The van der Waals surface area contributed by atoms with Crippen LogP contribution in [-0.2, 0) is 0 Å². The summed E-state index contributed by atoms with van der Waals surface area (Å²) in [5, 5.41) is 0. The summed E-state index contributed by atoms with van der Waals surface area (Å²) in [5.41, 5.74) is -0.0102. The van der Waals surface area contributed by atoms with E-state index in [-0.39, 0.29) is 11.5 Å². The number of hydrogen-bond acceptors (Lipinski definition) is 3. The summed E-state index contributed by atoms with van der Waals surface area (Å²) < 4.78 is 19.0. The van der Waals surface area contributed by atoms with E-state index in [1.165, 1.54) is 17.2 Å². The lowest BCUT2D eigenvalue weighted by molar-refractivity contribution is 0.0782. The van der Waals surface area contributed by atoms with E-state index in [1.54, 1.807) is 13.1 Å². The molecular formula is C16H17FN2O2. The molecule has 0 aliphatic rings. The van der Waals surface area contributed by atoms with E-state index in [0.717, 1.165) is 5.75 Å². The number of rotatable bonds is 6. The average Bonchev–Trinajstić information content (AvgIpc) is 2.52. The first-order chi connectivity index (χ1) is 10.2. The number of pyridine rings is 1. The smallest absolute Gasteiger partial charge is 0.258 e. The molecule has 1 aromatic heterocycles. The second-order valence-corrected chi connectivity index (χ2v) is 4.58. The zero-order valence-corrected chi connectivity index (χ0v) is 11.8. The number of para-hydroxylation sites is 1. The first-order valence-electron chi connectivity index (χ1n) is 6.72. The number of hydrogen-bond donors (Lipinski definition) is 0. The number of amides is 1. The van der Waals surface area contributed by atoms with Crippen molar-refractivity contribution in [2.24, 2.45) is 0 Å². The minimum atomic E-state index is -0.741. The quantitative estimate of drug-likeness (QED) is 0.606. The third kappa shape index (κ3) is 4.27. The summed E-state index contributed by atoms with van der Waals surface area (Å²) in [6.07, 6.45) is 1.98. The average molecular weight is 288 g/mol. The first-order valence-corrected chi connectivity index (χ1v) is 6.72. The van der Waals surface area contributed by atoms with Crippen LogP contribution in [0, 0.1) is 5.95 Å². The topological polar surface area (TPSA) is 42.4 Å². The van der Waals surface area contributed by atoms with Gasteiger partial charge in [0.05, 0.1) is 12.2 Å². The molecule has 4 nitrogen and oxygen atoms in total. The highest BCUT2D eigenvalue weighted by Gasteiger charge is 2.16. The van der Waals surface area contributed by atoms with Gasteiger partial charge in [0, 0.05) is 19.8 Å². The van der Waals surface area contributed by atoms with Crippen LogP contribution in [0.25, 0.3) is 0 Å². The molecule has 0 saturated heterocycles. The molecule has 21 heavy (non-hydrogen) atoms. The Kier molecular flexibility index (Phi) is 5.26. The van der Waals surface area contributed by atoms with Gasteiger partial charge < -0.3 is 9.64 Å². The number of halogens is 1. The predicted molar refractivity (Wildman–Crippen MR) is 77.7 cm³/mol. The van der Waals surface area contributed by atoms with E-state index >= 15 is 0 Å². The Labute approximate surface area is 123 Å². The van der Waals surface area contributed by atoms with Crippen molar-refractivity contribution < 1.29 is 13.9 Å². The van der Waals surface area contributed by atoms with Crippen LogP contribution in [0.15, 0.2) is 48.7 Å². The Hall–Kier alpha value is -2.43. The zero-order chi connectivity index (χ0) is 15.1. The molecule has 0 N–H and O–H groups in total. The lowest BCUT2D eigenvalue weighted by atomic mass is 10.2. The summed E-state index contributed by atoms with van der Waals surface area (Å²) in [7, 11) is 1.64. The number of aromatic nitrogens is 1. The Balaban J connectivity index is 1.78. The molecule has 2 aromatic rings. The fourth-order valence-corrected chi connectivity index (χ4v) is 1.86. The van der Waals surface area contributed by atoms with Crippen molar-refractivity contribution in [1.29, 1.82) is 0 Å². The SMILES string of the molecule is CN(CCCOc1ccccc1)C(=O)c1cccnc1F. The normalized spacial score (nSPS) is 10.2. The summed E-state index contributed by atoms with van der Waals surface area (Å²) in [5.74, 6) is -0.319. The van der Waals surface area contributed by atoms with E-state index in [2.05, 4.69) is 4.98 Å². The van der Waals surface area contributed by atoms with Gasteiger partial charge in [-0.1, -0.05) is 18.2 Å². The van der Waals surface area contributed by atoms with Crippen molar-refractivity contribution in [1.82, 2.24) is 9.88 Å². The minimum Gasteiger partial charge on any atom is -0.494 e. The third-order valence-corrected chi connectivity index (χ3v) is 2.99. The van der Waals surface area contributed by atoms with Gasteiger partial charge in [0.15, 0.2) is 0 Å². The van der Waals surface area contributed by atoms with Crippen LogP contribution in [-0.4, -0.2) is 36.0 Å². The van der Waals surface area contributed by atoms with Gasteiger partial charge in [0.2, 0.25) is 5.95 Å². The Bertz CT molecular complexity index is 590. The van der Waals surface area contributed by atoms with Gasteiger partial charge in [-0.05, 0) is 30.7 Å². The minimum absolute atomic E-state index is 0.0102. The molecule has 0 aliphatic carbocycles. The van der Waals surface area contributed by atoms with Crippen molar-refractivity contribution in [2.75, 3.05) is 20.2 Å². The molecule has 2 rings (SSSR count). The highest BCUT2D eigenvalue weighted by Crippen LogP contribution is 2.09. The van der Waals surface area contributed by atoms with Gasteiger partial charge in [-0.15, -0.1) is 0 Å². The van der Waals surface area contributed by atoms with Gasteiger partial charge in [-0.2, -0.15) is 4.39 Å². The molecular weight excluding hydrogens is 271 g/mol. The van der Waals surface area contributed by atoms with Crippen LogP contribution in [0.3, 0.4) is 0 Å². The molecule has 0 unspecified atom stereocenters. The second kappa shape index (κ2) is 7.38. The van der Waals surface area contributed by atoms with Crippen molar-refractivity contribution in [2.45, 2.75) is 6.42 Å². The molecule has 5 heteroatoms. The maximum absolute atomic E-state index is 13.4. The molecule has 110 valence electrons. The van der Waals surface area contributed by atoms with Gasteiger partial charge in [-0.3, -0.25) is 4.79 Å². The zero-order valence-electron chi connectivity index (χ0n) is 11.8. The van der Waals surface area contributed by atoms with E-state index in [1.807, 2.05) is 30.3 Å². The molecule has 0 aliphatic heterocycles. The van der Waals surface area contributed by atoms with Gasteiger partial charge >= 0.3 is 0 Å². The second-order valence-electron chi connectivity index (χ2n) is 4.58. The number of carbonyl (C=O) groups excluding carboxylic acids is 1. The Morgan fingerprint density at radius 1 is 1.24 bits per heavy atom. The lowest BCUT2D eigenvalue weighted by Gasteiger charge is -2.17. The lowest BCUT2D eigenvalue weighted by Crippen LogP contribution is -2.29. The largest absolute Gasteiger partial charge is 0.494 e. The molecule has 1 amide bonds. The highest BCUT2D eigenvalue weighted by atomic mass is 19.1. The van der Waals surface area contributed by atoms with Gasteiger partial charge in [-0.25, -0.2) is 4.98 Å². The Morgan fingerprint density at radius 3 is 2.71 bits per heavy atom. The fraction of sp³-hybridized carbons (Fsp3) is 0.250. The molecule has 0 bridgehead atoms. The third-order valence-electron chi connectivity index (χ3n) is 2.99. The van der Waals surface area contributed by atoms with Crippen LogP contribution in [0.4, 0.5) is 4.39 Å². The molecule has 0 saturated carbocycles. The Morgan fingerprint density at radius 2 is 2.00 bits per heavy atom. The van der Waals surface area contributed by atoms with Gasteiger partial charge in [0.1, 0.15) is 5.75 Å². The number of benzene rings is 1. The van der Waals surface area contributed by atoms with Crippen molar-refractivity contribution >= 4 is 5.91 Å². The van der Waals surface area contributed by atoms with Crippen LogP contribution < -0.4 is 4.74 Å². The molecule has 0 radical (unpaired) electrons. The number of ether oxygens (including phenoxy) is 1. The van der Waals surface area contributed by atoms with Crippen LogP contribution in [0.1, 0.15) is 16.8 Å². The summed E-state index contributed by atoms with van der Waals surface area (Å²) in [6.45, 7) is 0.983.